The first kappa shape index (κ1) is 15.6. The number of fused-ring (bicyclic) bond motifs is 1. The van der Waals surface area contributed by atoms with Crippen LogP contribution in [-0.2, 0) is 9.53 Å². The maximum atomic E-state index is 12.0. The molecule has 1 aromatic heterocycles. The fourth-order valence-electron chi connectivity index (χ4n) is 2.02. The highest BCUT2D eigenvalue weighted by molar-refractivity contribution is 7.00. The molecule has 1 amide bonds. The molecule has 0 fully saturated rings. The number of carbonyl (C=O) groups is 2. The quantitative estimate of drug-likeness (QED) is 0.732. The van der Waals surface area contributed by atoms with Gasteiger partial charge in [-0.15, -0.1) is 0 Å². The third-order valence-electron chi connectivity index (χ3n) is 3.12. The summed E-state index contributed by atoms with van der Waals surface area (Å²) >= 11 is 1.05. The van der Waals surface area contributed by atoms with Gasteiger partial charge in [-0.05, 0) is 30.3 Å². The van der Waals surface area contributed by atoms with Gasteiger partial charge in [0.15, 0.2) is 6.61 Å². The number of benzene rings is 2. The van der Waals surface area contributed by atoms with E-state index in [0.717, 1.165) is 11.7 Å². The van der Waals surface area contributed by atoms with Crippen molar-refractivity contribution in [3.8, 4) is 6.07 Å². The van der Waals surface area contributed by atoms with Crippen molar-refractivity contribution < 1.29 is 14.3 Å². The summed E-state index contributed by atoms with van der Waals surface area (Å²) in [4.78, 5) is 23.9. The topological polar surface area (TPSA) is 105 Å². The lowest BCUT2D eigenvalue weighted by Crippen LogP contribution is -2.21. The van der Waals surface area contributed by atoms with Gasteiger partial charge in [-0.3, -0.25) is 4.79 Å². The fraction of sp³-hybridized carbons (Fsp3) is 0.0625. The molecule has 0 unspecified atom stereocenters. The van der Waals surface area contributed by atoms with Gasteiger partial charge in [-0.2, -0.15) is 14.0 Å². The van der Waals surface area contributed by atoms with Crippen molar-refractivity contribution in [2.75, 3.05) is 11.9 Å². The predicted molar refractivity (Wildman–Crippen MR) is 87.5 cm³/mol. The van der Waals surface area contributed by atoms with Gasteiger partial charge in [0.25, 0.3) is 5.91 Å². The van der Waals surface area contributed by atoms with E-state index in [0.29, 0.717) is 22.3 Å². The van der Waals surface area contributed by atoms with Gasteiger partial charge in [0.05, 0.1) is 34.6 Å². The summed E-state index contributed by atoms with van der Waals surface area (Å²) in [6.07, 6.45) is 0. The normalized spacial score (nSPS) is 10.1. The Bertz CT molecular complexity index is 961. The summed E-state index contributed by atoms with van der Waals surface area (Å²) in [5.74, 6) is -1.16. The minimum Gasteiger partial charge on any atom is -0.452 e. The number of rotatable bonds is 4. The highest BCUT2D eigenvalue weighted by atomic mass is 32.1. The van der Waals surface area contributed by atoms with E-state index in [2.05, 4.69) is 14.1 Å². The van der Waals surface area contributed by atoms with E-state index in [1.165, 1.54) is 12.1 Å². The van der Waals surface area contributed by atoms with E-state index < -0.39 is 18.5 Å². The molecule has 3 aromatic rings. The van der Waals surface area contributed by atoms with Crippen LogP contribution in [0, 0.1) is 11.3 Å². The second-order valence-electron chi connectivity index (χ2n) is 4.75. The lowest BCUT2D eigenvalue weighted by Gasteiger charge is -2.07. The largest absolute Gasteiger partial charge is 0.452 e. The molecule has 0 saturated carbocycles. The fourth-order valence-corrected chi connectivity index (χ4v) is 2.57. The summed E-state index contributed by atoms with van der Waals surface area (Å²) in [6, 6.07) is 13.2. The van der Waals surface area contributed by atoms with Gasteiger partial charge in [-0.25, -0.2) is 4.79 Å². The van der Waals surface area contributed by atoms with E-state index in [1.54, 1.807) is 30.3 Å². The summed E-state index contributed by atoms with van der Waals surface area (Å²) in [7, 11) is 0. The zero-order valence-electron chi connectivity index (χ0n) is 12.2. The average Bonchev–Trinajstić information content (AvgIpc) is 3.09. The highest BCUT2D eigenvalue weighted by Crippen LogP contribution is 2.20. The van der Waals surface area contributed by atoms with Crippen LogP contribution in [0.1, 0.15) is 15.9 Å². The first-order valence-electron chi connectivity index (χ1n) is 6.86. The maximum absolute atomic E-state index is 12.0. The number of esters is 1. The Morgan fingerprint density at radius 2 is 2.04 bits per heavy atom. The molecule has 0 saturated heterocycles. The minimum atomic E-state index is -0.671. The van der Waals surface area contributed by atoms with Crippen LogP contribution in [-0.4, -0.2) is 27.2 Å². The van der Waals surface area contributed by atoms with Gasteiger partial charge >= 0.3 is 5.97 Å². The number of carbonyl (C=O) groups excluding carboxylic acids is 2. The Kier molecular flexibility index (Phi) is 4.45. The van der Waals surface area contributed by atoms with E-state index in [-0.39, 0.29) is 5.56 Å². The molecule has 118 valence electrons. The number of ether oxygens (including phenoxy) is 1. The molecule has 24 heavy (non-hydrogen) atoms. The molecule has 2 aromatic carbocycles. The first-order valence-corrected chi connectivity index (χ1v) is 7.59. The molecule has 7 nitrogen and oxygen atoms in total. The maximum Gasteiger partial charge on any atom is 0.338 e. The molecule has 1 N–H and O–H groups in total. The van der Waals surface area contributed by atoms with Crippen molar-refractivity contribution in [1.29, 1.82) is 5.26 Å². The zero-order chi connectivity index (χ0) is 16.9. The van der Waals surface area contributed by atoms with Crippen molar-refractivity contribution in [3.63, 3.8) is 0 Å². The molecule has 0 aliphatic heterocycles. The third kappa shape index (κ3) is 3.37. The first-order chi connectivity index (χ1) is 11.7. The van der Waals surface area contributed by atoms with Crippen LogP contribution in [0.15, 0.2) is 42.5 Å². The Labute approximate surface area is 140 Å². The van der Waals surface area contributed by atoms with Gasteiger partial charge in [0.1, 0.15) is 11.0 Å². The number of nitrogens with zero attached hydrogens (tertiary/aromatic N) is 3. The number of nitriles is 1. The molecule has 0 atom stereocenters. The number of nitrogens with one attached hydrogen (secondary N) is 1. The van der Waals surface area contributed by atoms with Gasteiger partial charge in [0.2, 0.25) is 0 Å². The van der Waals surface area contributed by atoms with Crippen molar-refractivity contribution in [2.24, 2.45) is 0 Å². The molecular weight excluding hydrogens is 328 g/mol. The number of hydrogen-bond donors (Lipinski definition) is 1. The number of amides is 1. The number of aromatic nitrogens is 2. The molecule has 1 heterocycles. The second kappa shape index (κ2) is 6.85. The van der Waals surface area contributed by atoms with Crippen LogP contribution < -0.4 is 5.32 Å². The van der Waals surface area contributed by atoms with Crippen molar-refractivity contribution in [1.82, 2.24) is 8.75 Å². The summed E-state index contributed by atoms with van der Waals surface area (Å²) in [5.41, 5.74) is 2.34. The Morgan fingerprint density at radius 3 is 2.88 bits per heavy atom. The molecule has 0 aliphatic carbocycles. The van der Waals surface area contributed by atoms with Crippen LogP contribution in [0.4, 0.5) is 5.69 Å². The van der Waals surface area contributed by atoms with Crippen molar-refractivity contribution in [3.05, 3.63) is 53.6 Å². The van der Waals surface area contributed by atoms with Crippen molar-refractivity contribution in [2.45, 2.75) is 0 Å². The van der Waals surface area contributed by atoms with E-state index in [4.69, 9.17) is 10.00 Å². The van der Waals surface area contributed by atoms with Gasteiger partial charge < -0.3 is 10.1 Å². The molecular formula is C16H10N4O3S. The lowest BCUT2D eigenvalue weighted by atomic mass is 10.1. The smallest absolute Gasteiger partial charge is 0.338 e. The monoisotopic (exact) mass is 338 g/mol. The molecule has 0 radical (unpaired) electrons. The van der Waals surface area contributed by atoms with Crippen molar-refractivity contribution >= 4 is 40.3 Å². The zero-order valence-corrected chi connectivity index (χ0v) is 13.0. The van der Waals surface area contributed by atoms with Crippen LogP contribution in [0.3, 0.4) is 0 Å². The molecule has 0 spiro atoms. The van der Waals surface area contributed by atoms with E-state index in [1.807, 2.05) is 6.07 Å². The minimum absolute atomic E-state index is 0.215. The van der Waals surface area contributed by atoms with E-state index >= 15 is 0 Å². The molecule has 0 bridgehead atoms. The molecule has 8 heteroatoms. The standard InChI is InChI=1S/C16H10N4O3S/c17-8-10-3-1-4-11(7-10)16(22)23-9-14(21)18-12-5-2-6-13-15(12)20-24-19-13/h1-7H,9H2,(H,18,21). The highest BCUT2D eigenvalue weighted by Gasteiger charge is 2.12. The predicted octanol–water partition coefficient (Wildman–Crippen LogP) is 2.36. The average molecular weight is 338 g/mol. The van der Waals surface area contributed by atoms with Crippen LogP contribution in [0.2, 0.25) is 0 Å². The van der Waals surface area contributed by atoms with Gasteiger partial charge in [0, 0.05) is 0 Å². The number of anilines is 1. The molecule has 3 rings (SSSR count). The van der Waals surface area contributed by atoms with Crippen LogP contribution in [0.5, 0.6) is 0 Å². The Morgan fingerprint density at radius 1 is 1.21 bits per heavy atom. The Hall–Kier alpha value is -3.31. The number of hydrogen-bond acceptors (Lipinski definition) is 7. The Balaban J connectivity index is 1.62. The summed E-state index contributed by atoms with van der Waals surface area (Å²) < 4.78 is 13.2. The van der Waals surface area contributed by atoms with Crippen LogP contribution >= 0.6 is 11.7 Å². The van der Waals surface area contributed by atoms with Crippen LogP contribution in [0.25, 0.3) is 11.0 Å². The summed E-state index contributed by atoms with van der Waals surface area (Å²) in [6.45, 7) is -0.441. The molecule has 0 aliphatic rings. The SMILES string of the molecule is N#Cc1cccc(C(=O)OCC(=O)Nc2cccc3nsnc23)c1. The van der Waals surface area contributed by atoms with Gasteiger partial charge in [-0.1, -0.05) is 12.1 Å². The second-order valence-corrected chi connectivity index (χ2v) is 5.28. The van der Waals surface area contributed by atoms with E-state index in [9.17, 15) is 9.59 Å². The third-order valence-corrected chi connectivity index (χ3v) is 3.66. The lowest BCUT2D eigenvalue weighted by molar-refractivity contribution is -0.119. The summed E-state index contributed by atoms with van der Waals surface area (Å²) in [5, 5.41) is 11.5.